The third kappa shape index (κ3) is 1.73. The van der Waals surface area contributed by atoms with Gasteiger partial charge in [-0.3, -0.25) is 4.98 Å². The van der Waals surface area contributed by atoms with Gasteiger partial charge in [-0.15, -0.1) is 0 Å². The van der Waals surface area contributed by atoms with Crippen LogP contribution in [0.15, 0.2) is 61.1 Å². The Morgan fingerprint density at radius 1 is 1.10 bits per heavy atom. The molecule has 0 bridgehead atoms. The van der Waals surface area contributed by atoms with Crippen molar-refractivity contribution in [1.82, 2.24) is 19.6 Å². The normalized spacial score (nSPS) is 13.9. The van der Waals surface area contributed by atoms with Crippen LogP contribution in [-0.2, 0) is 0 Å². The zero-order chi connectivity index (χ0) is 13.4. The average Bonchev–Trinajstić information content (AvgIpc) is 3.17. The lowest BCUT2D eigenvalue weighted by atomic mass is 10.1. The fourth-order valence-electron chi connectivity index (χ4n) is 2.39. The molecule has 4 heteroatoms. The molecule has 0 saturated carbocycles. The van der Waals surface area contributed by atoms with E-state index in [9.17, 15) is 0 Å². The Kier molecular flexibility index (Phi) is 2.45. The molecular weight excluding hydrogens is 248 g/mol. The maximum atomic E-state index is 4.71. The largest absolute Gasteiger partial charge is 0.264 e. The van der Waals surface area contributed by atoms with E-state index in [1.165, 1.54) is 5.57 Å². The smallest absolute Gasteiger partial charge is 0.154 e. The summed E-state index contributed by atoms with van der Waals surface area (Å²) in [4.78, 5) is 8.56. The number of hydrogen-bond acceptors (Lipinski definition) is 3. The summed E-state index contributed by atoms with van der Waals surface area (Å²) in [5.41, 5.74) is 5.05. The fraction of sp³-hybridized carbons (Fsp3) is 0.0625. The number of hydrogen-bond donors (Lipinski definition) is 0. The quantitative estimate of drug-likeness (QED) is 0.711. The van der Waals surface area contributed by atoms with Crippen LogP contribution in [0.3, 0.4) is 0 Å². The number of fused-ring (bicyclic) bond motifs is 1. The summed E-state index contributed by atoms with van der Waals surface area (Å²) in [5, 5.41) is 4.71. The molecule has 4 nitrogen and oxygen atoms in total. The van der Waals surface area contributed by atoms with Crippen LogP contribution in [0.2, 0.25) is 0 Å². The zero-order valence-electron chi connectivity index (χ0n) is 10.8. The Morgan fingerprint density at radius 3 is 2.90 bits per heavy atom. The molecule has 0 saturated heterocycles. The van der Waals surface area contributed by atoms with Gasteiger partial charge in [0.2, 0.25) is 0 Å². The number of allylic oxidation sites excluding steroid dienone is 4. The van der Waals surface area contributed by atoms with Gasteiger partial charge in [0.15, 0.2) is 5.65 Å². The fourth-order valence-corrected chi connectivity index (χ4v) is 2.39. The molecule has 0 fully saturated rings. The van der Waals surface area contributed by atoms with E-state index in [1.807, 2.05) is 41.2 Å². The zero-order valence-corrected chi connectivity index (χ0v) is 10.8. The van der Waals surface area contributed by atoms with Crippen molar-refractivity contribution in [3.63, 3.8) is 0 Å². The molecular formula is C16H12N4. The van der Waals surface area contributed by atoms with E-state index in [4.69, 9.17) is 5.10 Å². The standard InChI is InChI=1S/C16H12N4/c1-2-5-12(4-1)14-7-8-16-18-11-15(20(16)19-14)13-6-3-9-17-10-13/h1-4,6-11H,5H2. The molecule has 0 N–H and O–H groups in total. The minimum Gasteiger partial charge on any atom is -0.264 e. The Morgan fingerprint density at radius 2 is 2.10 bits per heavy atom. The van der Waals surface area contributed by atoms with Crippen molar-refractivity contribution in [1.29, 1.82) is 0 Å². The average molecular weight is 260 g/mol. The van der Waals surface area contributed by atoms with Crippen LogP contribution < -0.4 is 0 Å². The van der Waals surface area contributed by atoms with Gasteiger partial charge in [0.25, 0.3) is 0 Å². The topological polar surface area (TPSA) is 43.1 Å². The number of aromatic nitrogens is 4. The third-order valence-corrected chi connectivity index (χ3v) is 3.42. The first-order valence-electron chi connectivity index (χ1n) is 6.53. The van der Waals surface area contributed by atoms with Gasteiger partial charge in [-0.1, -0.05) is 18.2 Å². The minimum atomic E-state index is 0.846. The van der Waals surface area contributed by atoms with Crippen molar-refractivity contribution in [3.05, 3.63) is 66.8 Å². The van der Waals surface area contributed by atoms with Crippen molar-refractivity contribution in [2.45, 2.75) is 6.42 Å². The third-order valence-electron chi connectivity index (χ3n) is 3.42. The highest BCUT2D eigenvalue weighted by atomic mass is 15.3. The van der Waals surface area contributed by atoms with E-state index in [0.29, 0.717) is 0 Å². The summed E-state index contributed by atoms with van der Waals surface area (Å²) in [6.45, 7) is 0. The predicted molar refractivity (Wildman–Crippen MR) is 78.0 cm³/mol. The van der Waals surface area contributed by atoms with Crippen LogP contribution in [0.4, 0.5) is 0 Å². The summed E-state index contributed by atoms with van der Waals surface area (Å²) >= 11 is 0. The van der Waals surface area contributed by atoms with Gasteiger partial charge in [0.1, 0.15) is 0 Å². The van der Waals surface area contributed by atoms with Gasteiger partial charge in [-0.25, -0.2) is 9.50 Å². The highest BCUT2D eigenvalue weighted by Gasteiger charge is 2.10. The second kappa shape index (κ2) is 4.42. The van der Waals surface area contributed by atoms with Crippen molar-refractivity contribution in [2.24, 2.45) is 0 Å². The molecule has 0 aromatic carbocycles. The van der Waals surface area contributed by atoms with Crippen molar-refractivity contribution in [2.75, 3.05) is 0 Å². The SMILES string of the molecule is C1=CCC(c2ccc3ncc(-c4cccnc4)n3n2)=C1. The number of nitrogens with zero attached hydrogens (tertiary/aromatic N) is 4. The molecule has 1 aliphatic rings. The number of pyridine rings is 1. The molecule has 20 heavy (non-hydrogen) atoms. The summed E-state index contributed by atoms with van der Waals surface area (Å²) in [6, 6.07) is 7.96. The summed E-state index contributed by atoms with van der Waals surface area (Å²) < 4.78 is 1.88. The van der Waals surface area contributed by atoms with Gasteiger partial charge in [-0.05, 0) is 36.3 Å². The van der Waals surface area contributed by atoms with Crippen LogP contribution in [-0.4, -0.2) is 19.6 Å². The molecule has 0 radical (unpaired) electrons. The second-order valence-corrected chi connectivity index (χ2v) is 4.70. The first-order valence-corrected chi connectivity index (χ1v) is 6.53. The lowest BCUT2D eigenvalue weighted by Crippen LogP contribution is -1.98. The Bertz CT molecular complexity index is 828. The molecule has 0 atom stereocenters. The van der Waals surface area contributed by atoms with Gasteiger partial charge in [-0.2, -0.15) is 5.10 Å². The minimum absolute atomic E-state index is 0.846. The van der Waals surface area contributed by atoms with Crippen LogP contribution in [0, 0.1) is 0 Å². The van der Waals surface area contributed by atoms with Crippen LogP contribution in [0.25, 0.3) is 22.5 Å². The van der Waals surface area contributed by atoms with Gasteiger partial charge >= 0.3 is 0 Å². The first kappa shape index (κ1) is 11.1. The monoisotopic (exact) mass is 260 g/mol. The van der Waals surface area contributed by atoms with Crippen LogP contribution in [0.1, 0.15) is 12.1 Å². The highest BCUT2D eigenvalue weighted by Crippen LogP contribution is 2.24. The van der Waals surface area contributed by atoms with Crippen LogP contribution >= 0.6 is 0 Å². The molecule has 3 aromatic rings. The molecule has 1 aliphatic carbocycles. The molecule has 3 aromatic heterocycles. The summed E-state index contributed by atoms with van der Waals surface area (Å²) in [5.74, 6) is 0. The number of imidazole rings is 1. The molecule has 0 aliphatic heterocycles. The first-order chi connectivity index (χ1) is 9.92. The van der Waals surface area contributed by atoms with Crippen LogP contribution in [0.5, 0.6) is 0 Å². The summed E-state index contributed by atoms with van der Waals surface area (Å²) in [7, 11) is 0. The van der Waals surface area contributed by atoms with Crippen molar-refractivity contribution < 1.29 is 0 Å². The maximum Gasteiger partial charge on any atom is 0.154 e. The summed E-state index contributed by atoms with van der Waals surface area (Å²) in [6.07, 6.45) is 12.7. The van der Waals surface area contributed by atoms with E-state index in [0.717, 1.165) is 29.0 Å². The van der Waals surface area contributed by atoms with Gasteiger partial charge in [0, 0.05) is 18.0 Å². The van der Waals surface area contributed by atoms with E-state index in [1.54, 1.807) is 6.20 Å². The van der Waals surface area contributed by atoms with Gasteiger partial charge < -0.3 is 0 Å². The van der Waals surface area contributed by atoms with E-state index in [-0.39, 0.29) is 0 Å². The Labute approximate surface area is 116 Å². The Hall–Kier alpha value is -2.75. The molecule has 3 heterocycles. The van der Waals surface area contributed by atoms with Gasteiger partial charge in [0.05, 0.1) is 17.6 Å². The van der Waals surface area contributed by atoms with Crippen molar-refractivity contribution in [3.8, 4) is 11.3 Å². The van der Waals surface area contributed by atoms with Crippen molar-refractivity contribution >= 4 is 11.2 Å². The molecule has 0 unspecified atom stereocenters. The predicted octanol–water partition coefficient (Wildman–Crippen LogP) is 3.13. The molecule has 0 amide bonds. The van der Waals surface area contributed by atoms with E-state index >= 15 is 0 Å². The lowest BCUT2D eigenvalue weighted by Gasteiger charge is -2.04. The van der Waals surface area contributed by atoms with E-state index in [2.05, 4.69) is 28.2 Å². The maximum absolute atomic E-state index is 4.71. The highest BCUT2D eigenvalue weighted by molar-refractivity contribution is 5.69. The Balaban J connectivity index is 1.88. The lowest BCUT2D eigenvalue weighted by molar-refractivity contribution is 0.924. The second-order valence-electron chi connectivity index (χ2n) is 4.70. The molecule has 96 valence electrons. The molecule has 0 spiro atoms. The van der Waals surface area contributed by atoms with E-state index < -0.39 is 0 Å². The molecule has 4 rings (SSSR count). The number of rotatable bonds is 2.